The smallest absolute Gasteiger partial charge is 0.256 e. The van der Waals surface area contributed by atoms with E-state index in [0.29, 0.717) is 16.9 Å². The third-order valence-electron chi connectivity index (χ3n) is 5.65. The summed E-state index contributed by atoms with van der Waals surface area (Å²) in [5.74, 6) is 0.285. The van der Waals surface area contributed by atoms with E-state index < -0.39 is 0 Å². The van der Waals surface area contributed by atoms with Crippen LogP contribution in [0, 0.1) is 6.92 Å². The van der Waals surface area contributed by atoms with Crippen LogP contribution in [-0.4, -0.2) is 26.5 Å². The molecule has 2 aromatic carbocycles. The first kappa shape index (κ1) is 19.6. The SMILES string of the molecule is CC(=O)c1ccc(C(=O)Nc2cc(C)nn2-c2nc3cc4c(cc3s2)CCCC4)cc1. The number of carbonyl (C=O) groups is 2. The van der Waals surface area contributed by atoms with Gasteiger partial charge in [0.1, 0.15) is 5.82 Å². The van der Waals surface area contributed by atoms with Gasteiger partial charge in [0.2, 0.25) is 5.13 Å². The van der Waals surface area contributed by atoms with Crippen LogP contribution in [0.2, 0.25) is 0 Å². The number of aromatic nitrogens is 3. The number of hydrogen-bond acceptors (Lipinski definition) is 5. The van der Waals surface area contributed by atoms with Crippen molar-refractivity contribution in [1.29, 1.82) is 0 Å². The number of aryl methyl sites for hydroxylation is 3. The van der Waals surface area contributed by atoms with Gasteiger partial charge in [-0.2, -0.15) is 9.78 Å². The minimum absolute atomic E-state index is 0.0295. The average Bonchev–Trinajstić information content (AvgIpc) is 3.34. The van der Waals surface area contributed by atoms with Crippen molar-refractivity contribution in [3.05, 3.63) is 70.4 Å². The number of thiazole rings is 1. The van der Waals surface area contributed by atoms with E-state index in [1.54, 1.807) is 40.3 Å². The van der Waals surface area contributed by atoms with Gasteiger partial charge in [-0.05, 0) is 74.9 Å². The van der Waals surface area contributed by atoms with Gasteiger partial charge in [-0.15, -0.1) is 0 Å². The van der Waals surface area contributed by atoms with Gasteiger partial charge >= 0.3 is 0 Å². The predicted octanol–water partition coefficient (Wildman–Crippen LogP) is 5.12. The van der Waals surface area contributed by atoms with Crippen LogP contribution >= 0.6 is 11.3 Å². The number of benzene rings is 2. The van der Waals surface area contributed by atoms with Crippen molar-refractivity contribution >= 4 is 39.1 Å². The van der Waals surface area contributed by atoms with Crippen molar-refractivity contribution in [2.24, 2.45) is 0 Å². The van der Waals surface area contributed by atoms with Crippen LogP contribution < -0.4 is 5.32 Å². The number of Topliss-reactive ketones (excluding diaryl/α,β-unsaturated/α-hetero) is 1. The van der Waals surface area contributed by atoms with E-state index in [1.807, 2.05) is 13.0 Å². The molecule has 0 atom stereocenters. The molecule has 7 heteroatoms. The zero-order valence-corrected chi connectivity index (χ0v) is 18.3. The van der Waals surface area contributed by atoms with E-state index in [1.165, 1.54) is 30.9 Å². The number of amides is 1. The van der Waals surface area contributed by atoms with E-state index in [4.69, 9.17) is 4.98 Å². The standard InChI is InChI=1S/C24H22N4O2S/c1-14-11-22(26-23(30)17-9-7-16(8-10-17)15(2)29)28(27-14)24-25-20-12-18-5-3-4-6-19(18)13-21(20)31-24/h7-13H,3-6H2,1-2H3,(H,26,30). The van der Waals surface area contributed by atoms with E-state index in [0.717, 1.165) is 33.9 Å². The minimum Gasteiger partial charge on any atom is -0.306 e. The molecule has 6 nitrogen and oxygen atoms in total. The van der Waals surface area contributed by atoms with Gasteiger partial charge in [-0.25, -0.2) is 4.98 Å². The molecule has 0 spiro atoms. The van der Waals surface area contributed by atoms with Crippen LogP contribution in [0.25, 0.3) is 15.3 Å². The lowest BCUT2D eigenvalue weighted by molar-refractivity contribution is 0.100. The molecule has 0 unspecified atom stereocenters. The van der Waals surface area contributed by atoms with Crippen molar-refractivity contribution in [2.45, 2.75) is 39.5 Å². The van der Waals surface area contributed by atoms with Gasteiger partial charge in [0.15, 0.2) is 5.78 Å². The fraction of sp³-hybridized carbons (Fsp3) is 0.250. The fourth-order valence-corrected chi connectivity index (χ4v) is 4.99. The van der Waals surface area contributed by atoms with E-state index >= 15 is 0 Å². The highest BCUT2D eigenvalue weighted by Gasteiger charge is 2.18. The topological polar surface area (TPSA) is 76.9 Å². The second-order valence-electron chi connectivity index (χ2n) is 7.96. The van der Waals surface area contributed by atoms with E-state index in [-0.39, 0.29) is 11.7 Å². The Morgan fingerprint density at radius 2 is 1.68 bits per heavy atom. The zero-order valence-electron chi connectivity index (χ0n) is 17.4. The highest BCUT2D eigenvalue weighted by atomic mass is 32.1. The fourth-order valence-electron chi connectivity index (χ4n) is 4.01. The van der Waals surface area contributed by atoms with Crippen LogP contribution in [0.4, 0.5) is 5.82 Å². The van der Waals surface area contributed by atoms with Crippen LogP contribution in [-0.2, 0) is 12.8 Å². The van der Waals surface area contributed by atoms with Gasteiger partial charge in [-0.1, -0.05) is 23.5 Å². The summed E-state index contributed by atoms with van der Waals surface area (Å²) in [4.78, 5) is 29.0. The second kappa shape index (κ2) is 7.74. The van der Waals surface area contributed by atoms with Crippen molar-refractivity contribution in [3.8, 4) is 5.13 Å². The van der Waals surface area contributed by atoms with Gasteiger partial charge in [0.05, 0.1) is 15.9 Å². The maximum atomic E-state index is 12.8. The first-order chi connectivity index (χ1) is 15.0. The van der Waals surface area contributed by atoms with E-state index in [9.17, 15) is 9.59 Å². The quantitative estimate of drug-likeness (QED) is 0.456. The Labute approximate surface area is 183 Å². The molecule has 1 aliphatic carbocycles. The summed E-state index contributed by atoms with van der Waals surface area (Å²) in [5, 5.41) is 8.23. The van der Waals surface area contributed by atoms with Gasteiger partial charge in [0, 0.05) is 17.2 Å². The van der Waals surface area contributed by atoms with Crippen molar-refractivity contribution in [1.82, 2.24) is 14.8 Å². The number of anilines is 1. The van der Waals surface area contributed by atoms with E-state index in [2.05, 4.69) is 22.5 Å². The third-order valence-corrected chi connectivity index (χ3v) is 6.64. The molecule has 0 saturated carbocycles. The monoisotopic (exact) mass is 430 g/mol. The Kier molecular flexibility index (Phi) is 4.90. The molecule has 4 aromatic rings. The maximum absolute atomic E-state index is 12.8. The van der Waals surface area contributed by atoms with Gasteiger partial charge < -0.3 is 5.32 Å². The number of ketones is 1. The van der Waals surface area contributed by atoms with Crippen LogP contribution in [0.3, 0.4) is 0 Å². The molecule has 1 N–H and O–H groups in total. The molecule has 1 amide bonds. The number of nitrogens with zero attached hydrogens (tertiary/aromatic N) is 3. The Bertz CT molecular complexity index is 1270. The molecule has 0 bridgehead atoms. The molecule has 0 radical (unpaired) electrons. The molecule has 1 aliphatic rings. The van der Waals surface area contributed by atoms with Crippen LogP contribution in [0.15, 0.2) is 42.5 Å². The summed E-state index contributed by atoms with van der Waals surface area (Å²) >= 11 is 1.58. The first-order valence-electron chi connectivity index (χ1n) is 10.4. The summed E-state index contributed by atoms with van der Waals surface area (Å²) in [6, 6.07) is 12.9. The second-order valence-corrected chi connectivity index (χ2v) is 8.97. The Morgan fingerprint density at radius 3 is 2.39 bits per heavy atom. The minimum atomic E-state index is -0.257. The predicted molar refractivity (Wildman–Crippen MR) is 123 cm³/mol. The number of hydrogen-bond donors (Lipinski definition) is 1. The summed E-state index contributed by atoms with van der Waals surface area (Å²) in [6.45, 7) is 3.39. The first-order valence-corrected chi connectivity index (χ1v) is 11.2. The molecular weight excluding hydrogens is 408 g/mol. The van der Waals surface area contributed by atoms with Crippen molar-refractivity contribution in [3.63, 3.8) is 0 Å². The maximum Gasteiger partial charge on any atom is 0.256 e. The molecule has 0 fully saturated rings. The Balaban J connectivity index is 1.46. The molecule has 156 valence electrons. The number of carbonyl (C=O) groups excluding carboxylic acids is 2. The largest absolute Gasteiger partial charge is 0.306 e. The van der Waals surface area contributed by atoms with Crippen molar-refractivity contribution < 1.29 is 9.59 Å². The molecule has 0 aliphatic heterocycles. The summed E-state index contributed by atoms with van der Waals surface area (Å²) in [5.41, 5.74) is 5.65. The third kappa shape index (κ3) is 3.77. The highest BCUT2D eigenvalue weighted by molar-refractivity contribution is 7.20. The van der Waals surface area contributed by atoms with Gasteiger partial charge in [0.25, 0.3) is 5.91 Å². The molecular formula is C24H22N4O2S. The number of fused-ring (bicyclic) bond motifs is 2. The average molecular weight is 431 g/mol. The zero-order chi connectivity index (χ0) is 21.5. The lowest BCUT2D eigenvalue weighted by Crippen LogP contribution is -2.15. The van der Waals surface area contributed by atoms with Crippen LogP contribution in [0.5, 0.6) is 0 Å². The van der Waals surface area contributed by atoms with Crippen LogP contribution in [0.1, 0.15) is 57.3 Å². The summed E-state index contributed by atoms with van der Waals surface area (Å²) in [7, 11) is 0. The molecule has 2 aromatic heterocycles. The number of rotatable bonds is 4. The normalized spacial score (nSPS) is 13.2. The van der Waals surface area contributed by atoms with Gasteiger partial charge in [-0.3, -0.25) is 9.59 Å². The summed E-state index contributed by atoms with van der Waals surface area (Å²) in [6.07, 6.45) is 4.72. The Morgan fingerprint density at radius 1 is 1.00 bits per heavy atom. The Hall–Kier alpha value is -3.32. The molecule has 0 saturated heterocycles. The molecule has 5 rings (SSSR count). The van der Waals surface area contributed by atoms with Crippen molar-refractivity contribution in [2.75, 3.05) is 5.32 Å². The lowest BCUT2D eigenvalue weighted by atomic mass is 9.92. The number of nitrogens with one attached hydrogen (secondary N) is 1. The highest BCUT2D eigenvalue weighted by Crippen LogP contribution is 2.32. The lowest BCUT2D eigenvalue weighted by Gasteiger charge is -2.14. The molecule has 31 heavy (non-hydrogen) atoms. The molecule has 2 heterocycles. The summed E-state index contributed by atoms with van der Waals surface area (Å²) < 4.78 is 2.83.